The Labute approximate surface area is 172 Å². The predicted octanol–water partition coefficient (Wildman–Crippen LogP) is 3.21. The van der Waals surface area contributed by atoms with Crippen LogP contribution in [-0.4, -0.2) is 49.3 Å². The van der Waals surface area contributed by atoms with E-state index in [2.05, 4.69) is 39.0 Å². The van der Waals surface area contributed by atoms with Crippen molar-refractivity contribution in [1.82, 2.24) is 29.5 Å². The number of nitrogens with one attached hydrogen (secondary N) is 2. The molecule has 30 heavy (non-hydrogen) atoms. The molecule has 0 aromatic carbocycles. The van der Waals surface area contributed by atoms with E-state index in [1.54, 1.807) is 13.2 Å². The SMILES string of the molecule is CNc1cc(-c2cn(C(C)C)c3ncccc23)nn2c(C(=O)N[C@@H]3C[C@@H]3F)cnc12. The summed E-state index contributed by atoms with van der Waals surface area (Å²) in [5, 5.41) is 11.5. The molecular formula is C21H22FN7O. The summed E-state index contributed by atoms with van der Waals surface area (Å²) in [5.74, 6) is -0.384. The molecule has 4 heterocycles. The molecule has 4 aromatic rings. The minimum absolute atomic E-state index is 0.227. The number of pyridine rings is 1. The van der Waals surface area contributed by atoms with Crippen LogP contribution in [0.15, 0.2) is 36.8 Å². The summed E-state index contributed by atoms with van der Waals surface area (Å²) < 4.78 is 16.9. The molecule has 0 spiro atoms. The van der Waals surface area contributed by atoms with E-state index >= 15 is 0 Å². The first-order valence-electron chi connectivity index (χ1n) is 9.95. The lowest BCUT2D eigenvalue weighted by Crippen LogP contribution is -2.28. The lowest BCUT2D eigenvalue weighted by Gasteiger charge is -2.09. The standard InChI is InChI=1S/C21H22FN7O/c1-11(2)28-10-13(12-5-4-6-24-19(12)28)15-8-17(23-3)20-25-9-18(29(20)27-15)21(30)26-16-7-14(16)22/h4-6,8-11,14,16,23H,7H2,1-3H3,(H,26,30)/t14-,16+/m0/s1. The Kier molecular flexibility index (Phi) is 4.19. The van der Waals surface area contributed by atoms with Crippen molar-refractivity contribution in [3.63, 3.8) is 0 Å². The number of hydrogen-bond donors (Lipinski definition) is 2. The lowest BCUT2D eigenvalue weighted by molar-refractivity contribution is 0.0940. The first-order valence-corrected chi connectivity index (χ1v) is 9.95. The fourth-order valence-corrected chi connectivity index (χ4v) is 3.68. The van der Waals surface area contributed by atoms with Crippen LogP contribution in [-0.2, 0) is 0 Å². The van der Waals surface area contributed by atoms with Gasteiger partial charge in [-0.2, -0.15) is 5.10 Å². The molecule has 4 aromatic heterocycles. The van der Waals surface area contributed by atoms with Crippen LogP contribution in [0.4, 0.5) is 10.1 Å². The van der Waals surface area contributed by atoms with Gasteiger partial charge < -0.3 is 15.2 Å². The van der Waals surface area contributed by atoms with Crippen LogP contribution in [0, 0.1) is 0 Å². The lowest BCUT2D eigenvalue weighted by atomic mass is 10.1. The van der Waals surface area contributed by atoms with Gasteiger partial charge in [0.15, 0.2) is 11.3 Å². The minimum atomic E-state index is -0.973. The normalized spacial score (nSPS) is 18.3. The second kappa shape index (κ2) is 6.79. The first kappa shape index (κ1) is 18.5. The number of amides is 1. The molecule has 5 rings (SSSR count). The highest BCUT2D eigenvalue weighted by atomic mass is 19.1. The molecule has 1 saturated carbocycles. The topological polar surface area (TPSA) is 89.1 Å². The molecule has 0 aliphatic heterocycles. The zero-order valence-corrected chi connectivity index (χ0v) is 16.9. The van der Waals surface area contributed by atoms with E-state index in [9.17, 15) is 9.18 Å². The Bertz CT molecular complexity index is 1280. The fraction of sp³-hybridized carbons (Fsp3) is 0.333. The Morgan fingerprint density at radius 1 is 1.30 bits per heavy atom. The van der Waals surface area contributed by atoms with Crippen molar-refractivity contribution in [2.75, 3.05) is 12.4 Å². The van der Waals surface area contributed by atoms with E-state index in [1.165, 1.54) is 10.7 Å². The minimum Gasteiger partial charge on any atom is -0.385 e. The van der Waals surface area contributed by atoms with Gasteiger partial charge in [0.05, 0.1) is 23.6 Å². The van der Waals surface area contributed by atoms with E-state index in [0.29, 0.717) is 17.8 Å². The van der Waals surface area contributed by atoms with Gasteiger partial charge in [0.1, 0.15) is 11.8 Å². The van der Waals surface area contributed by atoms with Crippen molar-refractivity contribution >= 4 is 28.3 Å². The van der Waals surface area contributed by atoms with Crippen molar-refractivity contribution < 1.29 is 9.18 Å². The third-order valence-corrected chi connectivity index (χ3v) is 5.42. The predicted molar refractivity (Wildman–Crippen MR) is 112 cm³/mol. The molecule has 0 unspecified atom stereocenters. The number of rotatable bonds is 5. The van der Waals surface area contributed by atoms with Crippen LogP contribution in [0.5, 0.6) is 0 Å². The largest absolute Gasteiger partial charge is 0.385 e. The second-order valence-electron chi connectivity index (χ2n) is 7.82. The highest BCUT2D eigenvalue weighted by Crippen LogP contribution is 2.32. The summed E-state index contributed by atoms with van der Waals surface area (Å²) in [6.07, 6.45) is 4.65. The number of hydrogen-bond acceptors (Lipinski definition) is 5. The summed E-state index contributed by atoms with van der Waals surface area (Å²) >= 11 is 0. The Morgan fingerprint density at radius 2 is 2.10 bits per heavy atom. The third-order valence-electron chi connectivity index (χ3n) is 5.42. The maximum atomic E-state index is 13.2. The Morgan fingerprint density at radius 3 is 2.80 bits per heavy atom. The van der Waals surface area contributed by atoms with Crippen molar-refractivity contribution in [3.05, 3.63) is 42.5 Å². The summed E-state index contributed by atoms with van der Waals surface area (Å²) in [5.41, 5.74) is 4.02. The smallest absolute Gasteiger partial charge is 0.271 e. The van der Waals surface area contributed by atoms with E-state index in [4.69, 9.17) is 5.10 Å². The molecule has 154 valence electrons. The fourth-order valence-electron chi connectivity index (χ4n) is 3.68. The molecule has 8 nitrogen and oxygen atoms in total. The van der Waals surface area contributed by atoms with Gasteiger partial charge in [-0.1, -0.05) is 0 Å². The van der Waals surface area contributed by atoms with Gasteiger partial charge >= 0.3 is 0 Å². The van der Waals surface area contributed by atoms with Gasteiger partial charge in [0, 0.05) is 42.9 Å². The van der Waals surface area contributed by atoms with Crippen molar-refractivity contribution in [2.24, 2.45) is 0 Å². The second-order valence-corrected chi connectivity index (χ2v) is 7.82. The van der Waals surface area contributed by atoms with Crippen LogP contribution in [0.2, 0.25) is 0 Å². The zero-order chi connectivity index (χ0) is 21.0. The van der Waals surface area contributed by atoms with E-state index in [-0.39, 0.29) is 17.6 Å². The van der Waals surface area contributed by atoms with Crippen LogP contribution in [0.25, 0.3) is 27.9 Å². The number of aromatic nitrogens is 5. The summed E-state index contributed by atoms with van der Waals surface area (Å²) in [6.45, 7) is 4.20. The number of imidazole rings is 1. The van der Waals surface area contributed by atoms with Crippen molar-refractivity contribution in [1.29, 1.82) is 0 Å². The van der Waals surface area contributed by atoms with Gasteiger partial charge in [-0.15, -0.1) is 0 Å². The maximum absolute atomic E-state index is 13.2. The Balaban J connectivity index is 1.68. The van der Waals surface area contributed by atoms with Gasteiger partial charge in [-0.3, -0.25) is 4.79 Å². The monoisotopic (exact) mass is 407 g/mol. The molecule has 1 aliphatic rings. The van der Waals surface area contributed by atoms with Gasteiger partial charge in [0.25, 0.3) is 5.91 Å². The van der Waals surface area contributed by atoms with Gasteiger partial charge in [0.2, 0.25) is 0 Å². The molecule has 0 saturated heterocycles. The highest BCUT2D eigenvalue weighted by molar-refractivity contribution is 5.96. The number of carbonyl (C=O) groups excluding carboxylic acids is 1. The quantitative estimate of drug-likeness (QED) is 0.530. The average Bonchev–Trinajstić information content (AvgIpc) is 3.14. The summed E-state index contributed by atoms with van der Waals surface area (Å²) in [7, 11) is 1.80. The number of alkyl halides is 1. The number of fused-ring (bicyclic) bond motifs is 2. The van der Waals surface area contributed by atoms with Crippen LogP contribution in [0.1, 0.15) is 36.8 Å². The van der Waals surface area contributed by atoms with E-state index < -0.39 is 12.2 Å². The van der Waals surface area contributed by atoms with Crippen LogP contribution in [0.3, 0.4) is 0 Å². The molecule has 1 amide bonds. The molecule has 1 fully saturated rings. The van der Waals surface area contributed by atoms with E-state index in [1.807, 2.05) is 24.4 Å². The molecule has 2 atom stereocenters. The molecule has 9 heteroatoms. The highest BCUT2D eigenvalue weighted by Gasteiger charge is 2.39. The van der Waals surface area contributed by atoms with Gasteiger partial charge in [-0.25, -0.2) is 18.9 Å². The van der Waals surface area contributed by atoms with Crippen molar-refractivity contribution in [2.45, 2.75) is 38.5 Å². The van der Waals surface area contributed by atoms with Crippen LogP contribution >= 0.6 is 0 Å². The Hall–Kier alpha value is -3.49. The summed E-state index contributed by atoms with van der Waals surface area (Å²) in [6, 6.07) is 5.62. The third kappa shape index (κ3) is 2.89. The number of halogens is 1. The van der Waals surface area contributed by atoms with Crippen LogP contribution < -0.4 is 10.6 Å². The first-order chi connectivity index (χ1) is 14.5. The molecule has 2 N–H and O–H groups in total. The number of carbonyl (C=O) groups is 1. The van der Waals surface area contributed by atoms with Gasteiger partial charge in [-0.05, 0) is 32.0 Å². The average molecular weight is 407 g/mol. The number of anilines is 1. The number of nitrogens with zero attached hydrogens (tertiary/aromatic N) is 5. The summed E-state index contributed by atoms with van der Waals surface area (Å²) in [4.78, 5) is 21.5. The molecule has 0 radical (unpaired) electrons. The molecule has 1 aliphatic carbocycles. The maximum Gasteiger partial charge on any atom is 0.271 e. The zero-order valence-electron chi connectivity index (χ0n) is 16.9. The molecular weight excluding hydrogens is 385 g/mol. The van der Waals surface area contributed by atoms with Crippen molar-refractivity contribution in [3.8, 4) is 11.3 Å². The van der Waals surface area contributed by atoms with E-state index in [0.717, 1.165) is 22.3 Å². The molecule has 0 bridgehead atoms.